The lowest BCUT2D eigenvalue weighted by molar-refractivity contribution is 0.0762. The number of rotatable bonds is 2. The quantitative estimate of drug-likeness (QED) is 0.854. The van der Waals surface area contributed by atoms with Crippen LogP contribution in [0.1, 0.15) is 35.6 Å². The van der Waals surface area contributed by atoms with Crippen LogP contribution < -0.4 is 5.32 Å². The Hall–Kier alpha value is -2.04. The summed E-state index contributed by atoms with van der Waals surface area (Å²) in [5, 5.41) is 3.92. The maximum atomic E-state index is 13.1. The lowest BCUT2D eigenvalue weighted by Gasteiger charge is -2.38. The number of nitrogens with one attached hydrogen (secondary N) is 1. The van der Waals surface area contributed by atoms with Gasteiger partial charge in [0.1, 0.15) is 0 Å². The van der Waals surface area contributed by atoms with Gasteiger partial charge in [-0.25, -0.2) is 4.79 Å². The van der Waals surface area contributed by atoms with E-state index in [1.807, 2.05) is 35.2 Å². The van der Waals surface area contributed by atoms with Crippen LogP contribution in [0.2, 0.25) is 5.02 Å². The summed E-state index contributed by atoms with van der Waals surface area (Å²) < 4.78 is 5.40. The van der Waals surface area contributed by atoms with Crippen molar-refractivity contribution in [3.8, 4) is 0 Å². The Morgan fingerprint density at radius 2 is 1.85 bits per heavy atom. The molecule has 0 radical (unpaired) electrons. The van der Waals surface area contributed by atoms with Gasteiger partial charge >= 0.3 is 6.03 Å². The van der Waals surface area contributed by atoms with Crippen molar-refractivity contribution in [1.82, 2.24) is 10.2 Å². The molecule has 1 unspecified atom stereocenters. The van der Waals surface area contributed by atoms with E-state index in [2.05, 4.69) is 23.5 Å². The van der Waals surface area contributed by atoms with E-state index < -0.39 is 0 Å². The van der Waals surface area contributed by atoms with Gasteiger partial charge in [0.15, 0.2) is 0 Å². The Morgan fingerprint density at radius 1 is 1.08 bits per heavy atom. The minimum Gasteiger partial charge on any atom is -0.381 e. The van der Waals surface area contributed by atoms with Crippen LogP contribution in [0.5, 0.6) is 0 Å². The van der Waals surface area contributed by atoms with E-state index in [9.17, 15) is 4.79 Å². The summed E-state index contributed by atoms with van der Waals surface area (Å²) in [5.41, 5.74) is 3.56. The summed E-state index contributed by atoms with van der Waals surface area (Å²) in [7, 11) is 0. The van der Waals surface area contributed by atoms with Crippen LogP contribution in [0.25, 0.3) is 0 Å². The highest BCUT2D eigenvalue weighted by Crippen LogP contribution is 2.34. The summed E-state index contributed by atoms with van der Waals surface area (Å²) >= 11 is 6.18. The Balaban J connectivity index is 1.61. The van der Waals surface area contributed by atoms with E-state index in [1.165, 1.54) is 5.56 Å². The van der Waals surface area contributed by atoms with E-state index in [4.69, 9.17) is 16.3 Å². The molecule has 0 aliphatic carbocycles. The van der Waals surface area contributed by atoms with Crippen LogP contribution >= 0.6 is 11.6 Å². The van der Waals surface area contributed by atoms with Crippen LogP contribution in [0.15, 0.2) is 48.5 Å². The monoisotopic (exact) mass is 370 g/mol. The first-order valence-electron chi connectivity index (χ1n) is 9.18. The summed E-state index contributed by atoms with van der Waals surface area (Å²) in [5.74, 6) is 0. The minimum absolute atomic E-state index is 0.00335. The molecule has 26 heavy (non-hydrogen) atoms. The van der Waals surface area contributed by atoms with Gasteiger partial charge in [-0.1, -0.05) is 48.0 Å². The first-order chi connectivity index (χ1) is 12.7. The third-order valence-electron chi connectivity index (χ3n) is 5.29. The Morgan fingerprint density at radius 3 is 2.62 bits per heavy atom. The van der Waals surface area contributed by atoms with Crippen molar-refractivity contribution in [2.75, 3.05) is 13.2 Å². The zero-order chi connectivity index (χ0) is 17.9. The topological polar surface area (TPSA) is 41.6 Å². The predicted molar refractivity (Wildman–Crippen MR) is 102 cm³/mol. The van der Waals surface area contributed by atoms with Crippen molar-refractivity contribution in [3.63, 3.8) is 0 Å². The number of carbonyl (C=O) groups is 1. The summed E-state index contributed by atoms with van der Waals surface area (Å²) in [6, 6.07) is 16.5. The summed E-state index contributed by atoms with van der Waals surface area (Å²) in [6.45, 7) is 2.00. The molecule has 2 heterocycles. The highest BCUT2D eigenvalue weighted by molar-refractivity contribution is 6.30. The predicted octanol–water partition coefficient (Wildman–Crippen LogP) is 4.33. The second-order valence-electron chi connectivity index (χ2n) is 7.01. The van der Waals surface area contributed by atoms with E-state index in [0.717, 1.165) is 30.4 Å². The third-order valence-corrected chi connectivity index (χ3v) is 5.53. The standard InChI is InChI=1S/C21H23ClN2O2/c22-18-7-6-16-13-20(15-4-2-1-3-5-15)24(14-17(16)12-18)21(25)23-19-8-10-26-11-9-19/h1-7,12,19-20H,8-11,13-14H2,(H,23,25). The molecule has 2 amide bonds. The Bertz CT molecular complexity index is 775. The molecular formula is C21H23ClN2O2. The number of hydrogen-bond acceptors (Lipinski definition) is 2. The Kier molecular flexibility index (Phi) is 5.14. The van der Waals surface area contributed by atoms with Gasteiger partial charge in [-0.2, -0.15) is 0 Å². The third kappa shape index (κ3) is 3.71. The van der Waals surface area contributed by atoms with Gasteiger partial charge in [0.2, 0.25) is 0 Å². The first-order valence-corrected chi connectivity index (χ1v) is 9.55. The van der Waals surface area contributed by atoms with Crippen molar-refractivity contribution in [1.29, 1.82) is 0 Å². The smallest absolute Gasteiger partial charge is 0.318 e. The number of fused-ring (bicyclic) bond motifs is 1. The molecule has 136 valence electrons. The van der Waals surface area contributed by atoms with Crippen LogP contribution in [0.4, 0.5) is 4.79 Å². The fraction of sp³-hybridized carbons (Fsp3) is 0.381. The number of ether oxygens (including phenoxy) is 1. The van der Waals surface area contributed by atoms with Gasteiger partial charge in [0, 0.05) is 30.8 Å². The number of carbonyl (C=O) groups excluding carboxylic acids is 1. The molecule has 2 aromatic carbocycles. The molecule has 0 spiro atoms. The molecule has 1 saturated heterocycles. The molecule has 5 heteroatoms. The second kappa shape index (κ2) is 7.68. The molecule has 2 aliphatic heterocycles. The number of halogens is 1. The molecule has 0 saturated carbocycles. The molecular weight excluding hydrogens is 348 g/mol. The lowest BCUT2D eigenvalue weighted by Crippen LogP contribution is -2.49. The molecule has 0 aromatic heterocycles. The first kappa shape index (κ1) is 17.4. The largest absolute Gasteiger partial charge is 0.381 e. The van der Waals surface area contributed by atoms with E-state index in [1.54, 1.807) is 0 Å². The number of benzene rings is 2. The average Bonchev–Trinajstić information content (AvgIpc) is 2.68. The molecule has 2 aromatic rings. The Labute approximate surface area is 159 Å². The van der Waals surface area contributed by atoms with Gasteiger partial charge in [0.25, 0.3) is 0 Å². The van der Waals surface area contributed by atoms with Crippen LogP contribution in [0, 0.1) is 0 Å². The van der Waals surface area contributed by atoms with Crippen molar-refractivity contribution in [2.45, 2.75) is 37.9 Å². The highest BCUT2D eigenvalue weighted by Gasteiger charge is 2.32. The molecule has 2 aliphatic rings. The van der Waals surface area contributed by atoms with Gasteiger partial charge in [-0.3, -0.25) is 0 Å². The van der Waals surface area contributed by atoms with Gasteiger partial charge in [-0.15, -0.1) is 0 Å². The number of urea groups is 1. The second-order valence-corrected chi connectivity index (χ2v) is 7.44. The molecule has 0 bridgehead atoms. The number of amides is 2. The molecule has 1 fully saturated rings. The highest BCUT2D eigenvalue weighted by atomic mass is 35.5. The van der Waals surface area contributed by atoms with E-state index >= 15 is 0 Å². The maximum Gasteiger partial charge on any atom is 0.318 e. The SMILES string of the molecule is O=C(NC1CCOCC1)N1Cc2cc(Cl)ccc2CC1c1ccccc1. The number of nitrogens with zero attached hydrogens (tertiary/aromatic N) is 1. The van der Waals surface area contributed by atoms with Crippen LogP contribution in [-0.2, 0) is 17.7 Å². The van der Waals surface area contributed by atoms with Gasteiger partial charge in [0.05, 0.1) is 6.04 Å². The summed E-state index contributed by atoms with van der Waals surface area (Å²) in [4.78, 5) is 15.0. The van der Waals surface area contributed by atoms with Crippen LogP contribution in [-0.4, -0.2) is 30.2 Å². The average molecular weight is 371 g/mol. The molecule has 1 atom stereocenters. The van der Waals surface area contributed by atoms with Crippen molar-refractivity contribution in [2.24, 2.45) is 0 Å². The van der Waals surface area contributed by atoms with Gasteiger partial charge in [-0.05, 0) is 48.1 Å². The van der Waals surface area contributed by atoms with Gasteiger partial charge < -0.3 is 15.0 Å². The van der Waals surface area contributed by atoms with Crippen LogP contribution in [0.3, 0.4) is 0 Å². The van der Waals surface area contributed by atoms with Crippen molar-refractivity contribution < 1.29 is 9.53 Å². The fourth-order valence-corrected chi connectivity index (χ4v) is 4.03. The molecule has 4 rings (SSSR count). The normalized spacial score (nSPS) is 20.5. The van der Waals surface area contributed by atoms with E-state index in [-0.39, 0.29) is 18.1 Å². The summed E-state index contributed by atoms with van der Waals surface area (Å²) in [6.07, 6.45) is 2.55. The fourth-order valence-electron chi connectivity index (χ4n) is 3.84. The molecule has 4 nitrogen and oxygen atoms in total. The zero-order valence-corrected chi connectivity index (χ0v) is 15.4. The van der Waals surface area contributed by atoms with E-state index in [0.29, 0.717) is 24.8 Å². The van der Waals surface area contributed by atoms with Crippen molar-refractivity contribution in [3.05, 3.63) is 70.2 Å². The number of hydrogen-bond donors (Lipinski definition) is 1. The lowest BCUT2D eigenvalue weighted by atomic mass is 9.90. The van der Waals surface area contributed by atoms with Crippen molar-refractivity contribution >= 4 is 17.6 Å². The molecule has 1 N–H and O–H groups in total. The maximum absolute atomic E-state index is 13.1. The zero-order valence-electron chi connectivity index (χ0n) is 14.7. The minimum atomic E-state index is -0.00335.